The Kier molecular flexibility index (Phi) is 3.27. The molecule has 27 heavy (non-hydrogen) atoms. The van der Waals surface area contributed by atoms with Crippen molar-refractivity contribution in [2.24, 2.45) is 0 Å². The Morgan fingerprint density at radius 3 is 2.78 bits per heavy atom. The van der Waals surface area contributed by atoms with E-state index in [2.05, 4.69) is 30.0 Å². The molecule has 1 aromatic carbocycles. The SMILES string of the molecule is Cc1ncc(C)n2nc(-c3ccc4[nH]c(-c5ncccc5F)nc4c3)nc12. The summed E-state index contributed by atoms with van der Waals surface area (Å²) in [6, 6.07) is 8.58. The number of aromatic amines is 1. The van der Waals surface area contributed by atoms with E-state index < -0.39 is 5.82 Å². The van der Waals surface area contributed by atoms with E-state index in [0.29, 0.717) is 17.2 Å². The lowest BCUT2D eigenvalue weighted by Gasteiger charge is -1.97. The number of nitrogens with one attached hydrogen (secondary N) is 1. The molecule has 0 unspecified atom stereocenters. The molecular formula is C19H14FN7. The lowest BCUT2D eigenvalue weighted by Crippen LogP contribution is -1.97. The quantitative estimate of drug-likeness (QED) is 0.521. The van der Waals surface area contributed by atoms with E-state index in [9.17, 15) is 4.39 Å². The van der Waals surface area contributed by atoms with Crippen LogP contribution in [0.2, 0.25) is 0 Å². The first-order chi connectivity index (χ1) is 13.1. The predicted molar refractivity (Wildman–Crippen MR) is 98.5 cm³/mol. The third kappa shape index (κ3) is 2.45. The number of nitrogens with zero attached hydrogens (tertiary/aromatic N) is 6. The van der Waals surface area contributed by atoms with Crippen molar-refractivity contribution in [3.8, 4) is 22.9 Å². The Balaban J connectivity index is 1.64. The molecule has 7 nitrogen and oxygen atoms in total. The molecule has 0 saturated carbocycles. The van der Waals surface area contributed by atoms with Gasteiger partial charge in [0.2, 0.25) is 0 Å². The smallest absolute Gasteiger partial charge is 0.182 e. The standard InChI is InChI=1S/C19H14FN7/c1-10-9-22-11(2)19-25-17(26-27(10)19)12-5-6-14-15(8-12)24-18(23-14)16-13(20)4-3-7-21-16/h3-9H,1-2H3,(H,23,24). The van der Waals surface area contributed by atoms with Crippen LogP contribution in [0.3, 0.4) is 0 Å². The van der Waals surface area contributed by atoms with Crippen LogP contribution in [0.1, 0.15) is 11.4 Å². The maximum atomic E-state index is 14.0. The highest BCUT2D eigenvalue weighted by molar-refractivity contribution is 5.83. The third-order valence-electron chi connectivity index (χ3n) is 4.43. The molecule has 0 spiro atoms. The Morgan fingerprint density at radius 2 is 1.96 bits per heavy atom. The highest BCUT2D eigenvalue weighted by Gasteiger charge is 2.14. The number of aryl methyl sites for hydroxylation is 2. The molecule has 5 rings (SSSR count). The molecule has 0 atom stereocenters. The fourth-order valence-corrected chi connectivity index (χ4v) is 3.03. The van der Waals surface area contributed by atoms with Crippen molar-refractivity contribution in [1.29, 1.82) is 0 Å². The van der Waals surface area contributed by atoms with Gasteiger partial charge in [0, 0.05) is 18.0 Å². The van der Waals surface area contributed by atoms with Crippen molar-refractivity contribution in [3.63, 3.8) is 0 Å². The number of fused-ring (bicyclic) bond motifs is 2. The van der Waals surface area contributed by atoms with E-state index in [-0.39, 0.29) is 5.69 Å². The number of hydrogen-bond donors (Lipinski definition) is 1. The normalized spacial score (nSPS) is 11.5. The minimum absolute atomic E-state index is 0.193. The summed E-state index contributed by atoms with van der Waals surface area (Å²) < 4.78 is 15.8. The molecule has 0 aliphatic heterocycles. The maximum Gasteiger partial charge on any atom is 0.182 e. The summed E-state index contributed by atoms with van der Waals surface area (Å²) in [5, 5.41) is 4.58. The van der Waals surface area contributed by atoms with Gasteiger partial charge in [-0.3, -0.25) is 4.98 Å². The Hall–Kier alpha value is -3.68. The van der Waals surface area contributed by atoms with Crippen molar-refractivity contribution in [1.82, 2.24) is 34.5 Å². The monoisotopic (exact) mass is 359 g/mol. The maximum absolute atomic E-state index is 14.0. The van der Waals surface area contributed by atoms with Gasteiger partial charge < -0.3 is 4.98 Å². The highest BCUT2D eigenvalue weighted by atomic mass is 19.1. The average Bonchev–Trinajstić information content (AvgIpc) is 3.29. The molecule has 132 valence electrons. The molecule has 0 aliphatic carbocycles. The number of benzene rings is 1. The van der Waals surface area contributed by atoms with E-state index in [1.165, 1.54) is 12.3 Å². The van der Waals surface area contributed by atoms with Gasteiger partial charge in [-0.2, -0.15) is 0 Å². The molecule has 8 heteroatoms. The van der Waals surface area contributed by atoms with E-state index in [0.717, 1.165) is 28.1 Å². The van der Waals surface area contributed by atoms with Gasteiger partial charge in [0.15, 0.2) is 23.1 Å². The predicted octanol–water partition coefficient (Wildman–Crippen LogP) is 3.49. The highest BCUT2D eigenvalue weighted by Crippen LogP contribution is 2.25. The number of pyridine rings is 1. The number of halogens is 1. The first-order valence-corrected chi connectivity index (χ1v) is 8.40. The Morgan fingerprint density at radius 1 is 1.07 bits per heavy atom. The van der Waals surface area contributed by atoms with Crippen LogP contribution in [0.15, 0.2) is 42.7 Å². The first kappa shape index (κ1) is 15.6. The van der Waals surface area contributed by atoms with Gasteiger partial charge in [-0.05, 0) is 44.2 Å². The zero-order valence-corrected chi connectivity index (χ0v) is 14.6. The summed E-state index contributed by atoms with van der Waals surface area (Å²) in [5.41, 5.74) is 4.94. The van der Waals surface area contributed by atoms with E-state index in [1.807, 2.05) is 32.0 Å². The fourth-order valence-electron chi connectivity index (χ4n) is 3.03. The van der Waals surface area contributed by atoms with Gasteiger partial charge in [0.05, 0.1) is 22.4 Å². The number of imidazole rings is 1. The minimum Gasteiger partial charge on any atom is -0.337 e. The number of hydrogen-bond acceptors (Lipinski definition) is 5. The molecule has 0 amide bonds. The third-order valence-corrected chi connectivity index (χ3v) is 4.43. The molecule has 0 fully saturated rings. The molecule has 4 heterocycles. The summed E-state index contributed by atoms with van der Waals surface area (Å²) in [4.78, 5) is 20.6. The zero-order valence-electron chi connectivity index (χ0n) is 14.6. The average molecular weight is 359 g/mol. The summed E-state index contributed by atoms with van der Waals surface area (Å²) in [6.07, 6.45) is 3.31. The van der Waals surface area contributed by atoms with Crippen LogP contribution in [0.5, 0.6) is 0 Å². The van der Waals surface area contributed by atoms with Gasteiger partial charge >= 0.3 is 0 Å². The molecule has 0 radical (unpaired) electrons. The van der Waals surface area contributed by atoms with Crippen molar-refractivity contribution < 1.29 is 4.39 Å². The molecule has 5 aromatic rings. The largest absolute Gasteiger partial charge is 0.337 e. The van der Waals surface area contributed by atoms with Crippen LogP contribution in [0.25, 0.3) is 39.6 Å². The van der Waals surface area contributed by atoms with Crippen LogP contribution in [-0.2, 0) is 0 Å². The van der Waals surface area contributed by atoms with Gasteiger partial charge in [0.25, 0.3) is 0 Å². The second-order valence-electron chi connectivity index (χ2n) is 6.31. The van der Waals surface area contributed by atoms with E-state index in [4.69, 9.17) is 0 Å². The van der Waals surface area contributed by atoms with Gasteiger partial charge in [0.1, 0.15) is 5.69 Å². The lowest BCUT2D eigenvalue weighted by molar-refractivity contribution is 0.624. The van der Waals surface area contributed by atoms with Crippen molar-refractivity contribution in [2.75, 3.05) is 0 Å². The second kappa shape index (κ2) is 5.66. The van der Waals surface area contributed by atoms with Crippen LogP contribution in [0, 0.1) is 19.7 Å². The second-order valence-corrected chi connectivity index (χ2v) is 6.31. The topological polar surface area (TPSA) is 84.7 Å². The number of H-pyrrole nitrogens is 1. The van der Waals surface area contributed by atoms with Crippen molar-refractivity contribution in [3.05, 3.63) is 59.9 Å². The molecule has 4 aromatic heterocycles. The van der Waals surface area contributed by atoms with Crippen LogP contribution >= 0.6 is 0 Å². The van der Waals surface area contributed by atoms with E-state index in [1.54, 1.807) is 16.8 Å². The Bertz CT molecular complexity index is 1280. The Labute approximate surface area is 153 Å². The van der Waals surface area contributed by atoms with Gasteiger partial charge in [-0.25, -0.2) is 23.9 Å². The van der Waals surface area contributed by atoms with Crippen LogP contribution in [0.4, 0.5) is 4.39 Å². The summed E-state index contributed by atoms with van der Waals surface area (Å²) in [6.45, 7) is 3.83. The first-order valence-electron chi connectivity index (χ1n) is 8.40. The lowest BCUT2D eigenvalue weighted by atomic mass is 10.2. The molecule has 0 bridgehead atoms. The molecule has 1 N–H and O–H groups in total. The zero-order chi connectivity index (χ0) is 18.5. The molecule has 0 aliphatic rings. The van der Waals surface area contributed by atoms with Crippen molar-refractivity contribution in [2.45, 2.75) is 13.8 Å². The van der Waals surface area contributed by atoms with Gasteiger partial charge in [-0.15, -0.1) is 5.10 Å². The van der Waals surface area contributed by atoms with Gasteiger partial charge in [-0.1, -0.05) is 0 Å². The van der Waals surface area contributed by atoms with Crippen LogP contribution < -0.4 is 0 Å². The summed E-state index contributed by atoms with van der Waals surface area (Å²) in [7, 11) is 0. The molecular weight excluding hydrogens is 345 g/mol. The summed E-state index contributed by atoms with van der Waals surface area (Å²) in [5.74, 6) is 0.556. The number of rotatable bonds is 2. The number of aromatic nitrogens is 7. The minimum atomic E-state index is -0.419. The van der Waals surface area contributed by atoms with Crippen molar-refractivity contribution >= 4 is 16.7 Å². The van der Waals surface area contributed by atoms with Crippen LogP contribution in [-0.4, -0.2) is 34.5 Å². The van der Waals surface area contributed by atoms with E-state index >= 15 is 0 Å². The fraction of sp³-hybridized carbons (Fsp3) is 0.105. The summed E-state index contributed by atoms with van der Waals surface area (Å²) >= 11 is 0. The molecule has 0 saturated heterocycles.